The molecule has 1 atom stereocenters. The predicted octanol–water partition coefficient (Wildman–Crippen LogP) is 0.517. The number of hydrogen-bond donors (Lipinski definition) is 3. The van der Waals surface area contributed by atoms with E-state index in [1.54, 1.807) is 18.6 Å². The molecule has 0 radical (unpaired) electrons. The number of carboxylic acid groups (broad SMARTS) is 1. The molecule has 0 unspecified atom stereocenters. The van der Waals surface area contributed by atoms with Crippen molar-refractivity contribution in [3.8, 4) is 0 Å². The van der Waals surface area contributed by atoms with E-state index in [1.165, 1.54) is 0 Å². The number of carboxylic acids is 1. The summed E-state index contributed by atoms with van der Waals surface area (Å²) in [4.78, 5) is 17.6. The average molecular weight is 205 g/mol. The lowest BCUT2D eigenvalue weighted by Gasteiger charge is -2.04. The number of aromatic nitrogens is 2. The summed E-state index contributed by atoms with van der Waals surface area (Å²) in [5, 5.41) is 9.68. The summed E-state index contributed by atoms with van der Waals surface area (Å²) < 4.78 is 0. The highest BCUT2D eigenvalue weighted by molar-refractivity contribution is 5.83. The number of aromatic amines is 1. The summed E-state index contributed by atoms with van der Waals surface area (Å²) >= 11 is 0. The van der Waals surface area contributed by atoms with E-state index in [0.717, 1.165) is 16.5 Å². The SMILES string of the molecule is N[C@@H](Cc1c[nH]c2cnccc12)C(=O)O. The molecule has 0 aliphatic rings. The van der Waals surface area contributed by atoms with Gasteiger partial charge in [-0.1, -0.05) is 0 Å². The van der Waals surface area contributed by atoms with Crippen LogP contribution in [0.5, 0.6) is 0 Å². The second kappa shape index (κ2) is 3.70. The third-order valence-electron chi connectivity index (χ3n) is 2.33. The molecular weight excluding hydrogens is 194 g/mol. The number of rotatable bonds is 3. The molecule has 5 nitrogen and oxygen atoms in total. The van der Waals surface area contributed by atoms with Crippen LogP contribution in [-0.2, 0) is 11.2 Å². The van der Waals surface area contributed by atoms with Crippen LogP contribution in [0.3, 0.4) is 0 Å². The van der Waals surface area contributed by atoms with Gasteiger partial charge in [-0.15, -0.1) is 0 Å². The van der Waals surface area contributed by atoms with E-state index in [1.807, 2.05) is 6.07 Å². The highest BCUT2D eigenvalue weighted by Crippen LogP contribution is 2.17. The lowest BCUT2D eigenvalue weighted by atomic mass is 10.1. The molecule has 0 bridgehead atoms. The van der Waals surface area contributed by atoms with Crippen LogP contribution in [0.1, 0.15) is 5.56 Å². The van der Waals surface area contributed by atoms with Crippen molar-refractivity contribution in [3.63, 3.8) is 0 Å². The van der Waals surface area contributed by atoms with Crippen LogP contribution >= 0.6 is 0 Å². The van der Waals surface area contributed by atoms with Gasteiger partial charge in [0.1, 0.15) is 6.04 Å². The van der Waals surface area contributed by atoms with Crippen molar-refractivity contribution in [2.24, 2.45) is 5.73 Å². The number of pyridine rings is 1. The monoisotopic (exact) mass is 205 g/mol. The molecule has 2 aromatic heterocycles. The topological polar surface area (TPSA) is 92.0 Å². The largest absolute Gasteiger partial charge is 0.480 e. The molecule has 0 aromatic carbocycles. The fraction of sp³-hybridized carbons (Fsp3) is 0.200. The molecule has 0 aliphatic heterocycles. The highest BCUT2D eigenvalue weighted by atomic mass is 16.4. The molecule has 78 valence electrons. The van der Waals surface area contributed by atoms with Crippen LogP contribution in [0.25, 0.3) is 10.9 Å². The lowest BCUT2D eigenvalue weighted by Crippen LogP contribution is -2.32. The van der Waals surface area contributed by atoms with E-state index in [4.69, 9.17) is 10.8 Å². The zero-order valence-corrected chi connectivity index (χ0v) is 7.97. The van der Waals surface area contributed by atoms with Crippen LogP contribution < -0.4 is 5.73 Å². The Morgan fingerprint density at radius 2 is 2.47 bits per heavy atom. The maximum Gasteiger partial charge on any atom is 0.320 e. The van der Waals surface area contributed by atoms with Crippen molar-refractivity contribution in [1.29, 1.82) is 0 Å². The van der Waals surface area contributed by atoms with Crippen LogP contribution in [0.4, 0.5) is 0 Å². The Morgan fingerprint density at radius 1 is 1.67 bits per heavy atom. The second-order valence-electron chi connectivity index (χ2n) is 3.38. The first-order chi connectivity index (χ1) is 7.18. The van der Waals surface area contributed by atoms with Gasteiger partial charge in [0.05, 0.1) is 11.7 Å². The number of nitrogens with one attached hydrogen (secondary N) is 1. The number of nitrogens with zero attached hydrogens (tertiary/aromatic N) is 1. The molecule has 0 spiro atoms. The van der Waals surface area contributed by atoms with Gasteiger partial charge >= 0.3 is 5.97 Å². The summed E-state index contributed by atoms with van der Waals surface area (Å²) in [5.41, 5.74) is 7.27. The maximum atomic E-state index is 10.6. The van der Waals surface area contributed by atoms with Crippen molar-refractivity contribution in [1.82, 2.24) is 9.97 Å². The van der Waals surface area contributed by atoms with Crippen LogP contribution in [-0.4, -0.2) is 27.1 Å². The van der Waals surface area contributed by atoms with Crippen molar-refractivity contribution >= 4 is 16.9 Å². The number of H-pyrrole nitrogens is 1. The van der Waals surface area contributed by atoms with Crippen molar-refractivity contribution in [3.05, 3.63) is 30.2 Å². The van der Waals surface area contributed by atoms with Gasteiger partial charge in [-0.2, -0.15) is 0 Å². The number of aliphatic carboxylic acids is 1. The van der Waals surface area contributed by atoms with Crippen LogP contribution in [0.2, 0.25) is 0 Å². The van der Waals surface area contributed by atoms with Crippen molar-refractivity contribution in [2.75, 3.05) is 0 Å². The molecule has 2 rings (SSSR count). The normalized spacial score (nSPS) is 12.9. The zero-order chi connectivity index (χ0) is 10.8. The van der Waals surface area contributed by atoms with Gasteiger partial charge in [0, 0.05) is 24.2 Å². The number of nitrogens with two attached hydrogens (primary N) is 1. The van der Waals surface area contributed by atoms with Gasteiger partial charge in [0.2, 0.25) is 0 Å². The standard InChI is InChI=1S/C10H11N3O2/c11-8(10(14)15)3-6-4-13-9-5-12-2-1-7(6)9/h1-2,4-5,8,13H,3,11H2,(H,14,15)/t8-/m0/s1. The predicted molar refractivity (Wildman–Crippen MR) is 55.4 cm³/mol. The Bertz CT molecular complexity index is 492. The third kappa shape index (κ3) is 1.82. The van der Waals surface area contributed by atoms with E-state index in [-0.39, 0.29) is 0 Å². The quantitative estimate of drug-likeness (QED) is 0.681. The summed E-state index contributed by atoms with van der Waals surface area (Å²) in [6, 6.07) is 0.979. The molecule has 0 amide bonds. The van der Waals surface area contributed by atoms with Gasteiger partial charge in [0.15, 0.2) is 0 Å². The molecule has 0 aliphatic carbocycles. The minimum absolute atomic E-state index is 0.319. The van der Waals surface area contributed by atoms with Gasteiger partial charge in [-0.05, 0) is 11.6 Å². The Hall–Kier alpha value is -1.88. The first-order valence-corrected chi connectivity index (χ1v) is 4.57. The van der Waals surface area contributed by atoms with Crippen LogP contribution in [0, 0.1) is 0 Å². The summed E-state index contributed by atoms with van der Waals surface area (Å²) in [5.74, 6) is -0.988. The Morgan fingerprint density at radius 3 is 3.20 bits per heavy atom. The highest BCUT2D eigenvalue weighted by Gasteiger charge is 2.14. The number of carbonyl (C=O) groups is 1. The molecule has 5 heteroatoms. The number of fused-ring (bicyclic) bond motifs is 1. The fourth-order valence-electron chi connectivity index (χ4n) is 1.53. The summed E-state index contributed by atoms with van der Waals surface area (Å²) in [7, 11) is 0. The van der Waals surface area contributed by atoms with Crippen molar-refractivity contribution < 1.29 is 9.90 Å². The van der Waals surface area contributed by atoms with E-state index < -0.39 is 12.0 Å². The van der Waals surface area contributed by atoms with Crippen LogP contribution in [0.15, 0.2) is 24.7 Å². The fourth-order valence-corrected chi connectivity index (χ4v) is 1.53. The zero-order valence-electron chi connectivity index (χ0n) is 7.97. The molecule has 4 N–H and O–H groups in total. The van der Waals surface area contributed by atoms with Gasteiger partial charge in [0.25, 0.3) is 0 Å². The van der Waals surface area contributed by atoms with Gasteiger partial charge in [-0.3, -0.25) is 9.78 Å². The minimum atomic E-state index is -0.988. The van der Waals surface area contributed by atoms with E-state index >= 15 is 0 Å². The molecular formula is C10H11N3O2. The minimum Gasteiger partial charge on any atom is -0.480 e. The summed E-state index contributed by atoms with van der Waals surface area (Å²) in [6.07, 6.45) is 5.46. The molecule has 2 heterocycles. The summed E-state index contributed by atoms with van der Waals surface area (Å²) in [6.45, 7) is 0. The first-order valence-electron chi connectivity index (χ1n) is 4.57. The Labute approximate surface area is 85.9 Å². The Balaban J connectivity index is 2.32. The molecule has 0 saturated heterocycles. The molecule has 2 aromatic rings. The Kier molecular flexibility index (Phi) is 2.39. The van der Waals surface area contributed by atoms with Gasteiger partial charge < -0.3 is 15.8 Å². The second-order valence-corrected chi connectivity index (χ2v) is 3.38. The molecule has 0 fully saturated rings. The van der Waals surface area contributed by atoms with E-state index in [9.17, 15) is 4.79 Å². The average Bonchev–Trinajstić information content (AvgIpc) is 2.62. The van der Waals surface area contributed by atoms with E-state index in [2.05, 4.69) is 9.97 Å². The lowest BCUT2D eigenvalue weighted by molar-refractivity contribution is -0.138. The van der Waals surface area contributed by atoms with Crippen molar-refractivity contribution in [2.45, 2.75) is 12.5 Å². The molecule has 0 saturated carbocycles. The van der Waals surface area contributed by atoms with Gasteiger partial charge in [-0.25, -0.2) is 0 Å². The first kappa shape index (κ1) is 9.67. The van der Waals surface area contributed by atoms with E-state index in [0.29, 0.717) is 6.42 Å². The smallest absolute Gasteiger partial charge is 0.320 e. The maximum absolute atomic E-state index is 10.6. The molecule has 15 heavy (non-hydrogen) atoms. The third-order valence-corrected chi connectivity index (χ3v) is 2.33. The number of hydrogen-bond acceptors (Lipinski definition) is 3.